The average molecular weight is 273 g/mol. The molecule has 2 aliphatic rings. The van der Waals surface area contributed by atoms with E-state index in [0.717, 1.165) is 6.42 Å². The summed E-state index contributed by atoms with van der Waals surface area (Å²) in [5, 5.41) is 0.386. The third-order valence-electron chi connectivity index (χ3n) is 5.08. The van der Waals surface area contributed by atoms with Gasteiger partial charge in [0.2, 0.25) is 0 Å². The van der Waals surface area contributed by atoms with E-state index in [1.165, 1.54) is 57.8 Å². The molecule has 3 unspecified atom stereocenters. The summed E-state index contributed by atoms with van der Waals surface area (Å²) < 4.78 is 6.29. The zero-order chi connectivity index (χ0) is 13.0. The minimum absolute atomic E-state index is 0.360. The first-order chi connectivity index (χ1) is 8.69. The molecule has 2 aliphatic carbocycles. The van der Waals surface area contributed by atoms with Gasteiger partial charge in [-0.3, -0.25) is 0 Å². The molecule has 0 amide bonds. The van der Waals surface area contributed by atoms with Crippen molar-refractivity contribution in [2.75, 3.05) is 0 Å². The van der Waals surface area contributed by atoms with Crippen LogP contribution < -0.4 is 0 Å². The molecule has 2 heteroatoms. The molecule has 0 aromatic carbocycles. The molecule has 0 bridgehead atoms. The van der Waals surface area contributed by atoms with E-state index in [1.807, 2.05) is 0 Å². The van der Waals surface area contributed by atoms with Gasteiger partial charge in [-0.1, -0.05) is 45.4 Å². The standard InChI is InChI=1S/C16H29ClO/c1-3-4-5-6-9-13(2)18-15-12-14(17)16(15)10-7-8-11-16/h13-15H,3-12H2,1-2H3. The molecule has 0 aliphatic heterocycles. The molecule has 3 atom stereocenters. The largest absolute Gasteiger partial charge is 0.375 e. The predicted molar refractivity (Wildman–Crippen MR) is 78.3 cm³/mol. The van der Waals surface area contributed by atoms with Crippen molar-refractivity contribution in [2.24, 2.45) is 5.41 Å². The molecule has 0 radical (unpaired) electrons. The lowest BCUT2D eigenvalue weighted by molar-refractivity contribution is -0.134. The molecule has 0 heterocycles. The highest BCUT2D eigenvalue weighted by Gasteiger charge is 2.56. The third-order valence-corrected chi connectivity index (χ3v) is 5.69. The Morgan fingerprint density at radius 3 is 2.56 bits per heavy atom. The van der Waals surface area contributed by atoms with Crippen LogP contribution in [0.5, 0.6) is 0 Å². The van der Waals surface area contributed by atoms with Crippen molar-refractivity contribution in [3.63, 3.8) is 0 Å². The maximum atomic E-state index is 6.46. The molecule has 106 valence electrons. The van der Waals surface area contributed by atoms with Crippen LogP contribution in [0.2, 0.25) is 0 Å². The fourth-order valence-electron chi connectivity index (χ4n) is 3.77. The fourth-order valence-corrected chi connectivity index (χ4v) is 4.29. The summed E-state index contributed by atoms with van der Waals surface area (Å²) in [5.74, 6) is 0. The lowest BCUT2D eigenvalue weighted by Crippen LogP contribution is -2.55. The summed E-state index contributed by atoms with van der Waals surface area (Å²) in [6, 6.07) is 0. The molecule has 0 aromatic rings. The Labute approximate surface area is 118 Å². The van der Waals surface area contributed by atoms with E-state index in [1.54, 1.807) is 0 Å². The molecule has 18 heavy (non-hydrogen) atoms. The number of unbranched alkanes of at least 4 members (excludes halogenated alkanes) is 3. The Hall–Kier alpha value is 0.250. The molecule has 2 saturated carbocycles. The second-order valence-electron chi connectivity index (χ2n) is 6.43. The van der Waals surface area contributed by atoms with Crippen LogP contribution in [0.15, 0.2) is 0 Å². The summed E-state index contributed by atoms with van der Waals surface area (Å²) in [6.45, 7) is 4.51. The summed E-state index contributed by atoms with van der Waals surface area (Å²) in [7, 11) is 0. The van der Waals surface area contributed by atoms with Gasteiger partial charge in [-0.05, 0) is 32.6 Å². The quantitative estimate of drug-likeness (QED) is 0.451. The van der Waals surface area contributed by atoms with Crippen LogP contribution in [0.1, 0.15) is 78.1 Å². The van der Waals surface area contributed by atoms with Crippen molar-refractivity contribution in [3.8, 4) is 0 Å². The van der Waals surface area contributed by atoms with Gasteiger partial charge in [-0.2, -0.15) is 0 Å². The van der Waals surface area contributed by atoms with E-state index in [9.17, 15) is 0 Å². The summed E-state index contributed by atoms with van der Waals surface area (Å²) in [6.07, 6.45) is 13.9. The minimum atomic E-state index is 0.360. The van der Waals surface area contributed by atoms with Gasteiger partial charge in [0, 0.05) is 10.8 Å². The van der Waals surface area contributed by atoms with Gasteiger partial charge < -0.3 is 4.74 Å². The Kier molecular flexibility index (Phi) is 5.38. The van der Waals surface area contributed by atoms with Crippen LogP contribution in [0.3, 0.4) is 0 Å². The number of ether oxygens (including phenoxy) is 1. The third kappa shape index (κ3) is 3.04. The number of rotatable bonds is 7. The highest BCUT2D eigenvalue weighted by Crippen LogP contribution is 2.57. The maximum absolute atomic E-state index is 6.46. The Bertz CT molecular complexity index is 247. The van der Waals surface area contributed by atoms with Crippen molar-refractivity contribution in [1.29, 1.82) is 0 Å². The Balaban J connectivity index is 1.69. The number of halogens is 1. The predicted octanol–water partition coefficient (Wildman–Crippen LogP) is 5.30. The Morgan fingerprint density at radius 2 is 1.94 bits per heavy atom. The smallest absolute Gasteiger partial charge is 0.0663 e. The second-order valence-corrected chi connectivity index (χ2v) is 6.96. The first-order valence-corrected chi connectivity index (χ1v) is 8.42. The first kappa shape index (κ1) is 14.7. The number of hydrogen-bond acceptors (Lipinski definition) is 1. The zero-order valence-electron chi connectivity index (χ0n) is 12.1. The minimum Gasteiger partial charge on any atom is -0.375 e. The van der Waals surface area contributed by atoms with E-state index >= 15 is 0 Å². The number of alkyl halides is 1. The van der Waals surface area contributed by atoms with Gasteiger partial charge >= 0.3 is 0 Å². The molecule has 0 aromatic heterocycles. The van der Waals surface area contributed by atoms with E-state index < -0.39 is 0 Å². The molecule has 0 N–H and O–H groups in total. The van der Waals surface area contributed by atoms with Gasteiger partial charge in [0.1, 0.15) is 0 Å². The molecular weight excluding hydrogens is 244 g/mol. The van der Waals surface area contributed by atoms with Crippen LogP contribution in [-0.4, -0.2) is 17.6 Å². The highest BCUT2D eigenvalue weighted by molar-refractivity contribution is 6.21. The Morgan fingerprint density at radius 1 is 1.22 bits per heavy atom. The van der Waals surface area contributed by atoms with E-state index in [2.05, 4.69) is 13.8 Å². The van der Waals surface area contributed by atoms with Crippen LogP contribution in [0.4, 0.5) is 0 Å². The SMILES string of the molecule is CCCCCCC(C)OC1CC(Cl)C12CCCC2. The number of hydrogen-bond donors (Lipinski definition) is 0. The van der Waals surface area contributed by atoms with E-state index in [-0.39, 0.29) is 0 Å². The van der Waals surface area contributed by atoms with Crippen molar-refractivity contribution >= 4 is 11.6 Å². The highest BCUT2D eigenvalue weighted by atomic mass is 35.5. The van der Waals surface area contributed by atoms with Crippen LogP contribution in [0.25, 0.3) is 0 Å². The molecule has 1 spiro atoms. The summed E-state index contributed by atoms with van der Waals surface area (Å²) in [4.78, 5) is 0. The molecule has 1 nitrogen and oxygen atoms in total. The summed E-state index contributed by atoms with van der Waals surface area (Å²) in [5.41, 5.74) is 0.360. The van der Waals surface area contributed by atoms with E-state index in [4.69, 9.17) is 16.3 Å². The lowest BCUT2D eigenvalue weighted by atomic mass is 9.64. The lowest BCUT2D eigenvalue weighted by Gasteiger charge is -2.52. The maximum Gasteiger partial charge on any atom is 0.0663 e. The van der Waals surface area contributed by atoms with Crippen molar-refractivity contribution in [3.05, 3.63) is 0 Å². The summed E-state index contributed by atoms with van der Waals surface area (Å²) >= 11 is 6.46. The average Bonchev–Trinajstić information content (AvgIpc) is 2.86. The van der Waals surface area contributed by atoms with Gasteiger partial charge in [0.25, 0.3) is 0 Å². The van der Waals surface area contributed by atoms with Crippen molar-refractivity contribution in [2.45, 2.75) is 95.6 Å². The molecule has 2 rings (SSSR count). The van der Waals surface area contributed by atoms with Gasteiger partial charge in [0.05, 0.1) is 12.2 Å². The van der Waals surface area contributed by atoms with E-state index in [0.29, 0.717) is 23.0 Å². The van der Waals surface area contributed by atoms with Gasteiger partial charge in [-0.15, -0.1) is 11.6 Å². The van der Waals surface area contributed by atoms with Crippen LogP contribution in [0, 0.1) is 5.41 Å². The molecule has 2 fully saturated rings. The van der Waals surface area contributed by atoms with Gasteiger partial charge in [0.15, 0.2) is 0 Å². The zero-order valence-corrected chi connectivity index (χ0v) is 12.8. The monoisotopic (exact) mass is 272 g/mol. The van der Waals surface area contributed by atoms with Crippen LogP contribution in [-0.2, 0) is 4.74 Å². The molecular formula is C16H29ClO. The van der Waals surface area contributed by atoms with Crippen LogP contribution >= 0.6 is 11.6 Å². The first-order valence-electron chi connectivity index (χ1n) is 7.98. The normalized spacial score (nSPS) is 31.5. The topological polar surface area (TPSA) is 9.23 Å². The van der Waals surface area contributed by atoms with Crippen molar-refractivity contribution in [1.82, 2.24) is 0 Å². The second kappa shape index (κ2) is 6.61. The molecule has 0 saturated heterocycles. The van der Waals surface area contributed by atoms with Crippen molar-refractivity contribution < 1.29 is 4.74 Å². The van der Waals surface area contributed by atoms with Gasteiger partial charge in [-0.25, -0.2) is 0 Å². The fraction of sp³-hybridized carbons (Fsp3) is 1.00.